The van der Waals surface area contributed by atoms with Gasteiger partial charge in [0, 0.05) is 0 Å². The number of aliphatic carboxylic acids is 1. The zero-order valence-corrected chi connectivity index (χ0v) is 28.3. The smallest absolute Gasteiger partial charge is 0.310 e. The van der Waals surface area contributed by atoms with Crippen LogP contribution in [0.2, 0.25) is 0 Å². The molecule has 0 aromatic carbocycles. The number of carbonyl (C=O) groups is 1. The van der Waals surface area contributed by atoms with Gasteiger partial charge in [0.25, 0.3) is 0 Å². The van der Waals surface area contributed by atoms with Crippen LogP contribution in [0.15, 0.2) is 11.6 Å². The molecule has 256 valence electrons. The third kappa shape index (κ3) is 4.61. The van der Waals surface area contributed by atoms with Crippen molar-refractivity contribution in [1.29, 1.82) is 0 Å². The molecule has 0 amide bonds. The topological polar surface area (TPSA) is 157 Å². The fourth-order valence-corrected chi connectivity index (χ4v) is 12.3. The van der Waals surface area contributed by atoms with Crippen molar-refractivity contribution in [3.8, 4) is 0 Å². The van der Waals surface area contributed by atoms with Gasteiger partial charge in [0.05, 0.1) is 24.2 Å². The van der Waals surface area contributed by atoms with Gasteiger partial charge in [-0.2, -0.15) is 0 Å². The molecule has 0 bridgehead atoms. The second-order valence-corrected chi connectivity index (χ2v) is 18.0. The molecule has 14 atom stereocenters. The maximum atomic E-state index is 12.9. The summed E-state index contributed by atoms with van der Waals surface area (Å²) in [5.74, 6) is -0.106. The van der Waals surface area contributed by atoms with Crippen LogP contribution >= 0.6 is 0 Å². The summed E-state index contributed by atoms with van der Waals surface area (Å²) >= 11 is 0. The second kappa shape index (κ2) is 10.7. The molecule has 6 rings (SSSR count). The van der Waals surface area contributed by atoms with Crippen molar-refractivity contribution in [1.82, 2.24) is 0 Å². The lowest BCUT2D eigenvalue weighted by Crippen LogP contribution is -2.68. The van der Waals surface area contributed by atoms with Gasteiger partial charge in [0.1, 0.15) is 24.4 Å². The lowest BCUT2D eigenvalue weighted by atomic mass is 9.33. The average molecular weight is 635 g/mol. The van der Waals surface area contributed by atoms with Gasteiger partial charge in [-0.05, 0) is 103 Å². The van der Waals surface area contributed by atoms with Crippen molar-refractivity contribution in [2.24, 2.45) is 50.2 Å². The first-order valence-electron chi connectivity index (χ1n) is 17.4. The van der Waals surface area contributed by atoms with Crippen LogP contribution in [0.5, 0.6) is 0 Å². The first kappa shape index (κ1) is 33.8. The molecule has 0 aromatic rings. The van der Waals surface area contributed by atoms with Gasteiger partial charge in [0.2, 0.25) is 0 Å². The number of aliphatic hydroxyl groups is 5. The van der Waals surface area contributed by atoms with E-state index in [0.29, 0.717) is 12.8 Å². The monoisotopic (exact) mass is 634 g/mol. The van der Waals surface area contributed by atoms with Crippen LogP contribution in [0.1, 0.15) is 106 Å². The van der Waals surface area contributed by atoms with Gasteiger partial charge < -0.3 is 40.1 Å². The standard InChI is InChI=1S/C36H58O9/c1-31(2)12-14-36(30(42)43)15-13-34(6)19(20(36)16-31)8-9-24-33(5)17-21(38)28(32(3,4)23(33)10-11-35(24,34)7)45-29-27(41)26(40)25(39)22(18-37)44-29/h8,20-29,37-41H,9-18H2,1-7H3,(H,42,43)/t20-,21+,22+,23-,24+,25+,26-,27+,28-,29-,33-,34+,35+,36-/m0/s1. The molecule has 45 heavy (non-hydrogen) atoms. The summed E-state index contributed by atoms with van der Waals surface area (Å²) in [7, 11) is 0. The summed E-state index contributed by atoms with van der Waals surface area (Å²) in [6.07, 6.45) is 1.43. The van der Waals surface area contributed by atoms with E-state index in [0.717, 1.165) is 44.9 Å². The largest absolute Gasteiger partial charge is 0.481 e. The van der Waals surface area contributed by atoms with E-state index in [4.69, 9.17) is 9.47 Å². The molecule has 5 aliphatic carbocycles. The maximum absolute atomic E-state index is 12.9. The summed E-state index contributed by atoms with van der Waals surface area (Å²) < 4.78 is 12.0. The van der Waals surface area contributed by atoms with Crippen molar-refractivity contribution < 1.29 is 44.9 Å². The van der Waals surface area contributed by atoms with Crippen LogP contribution in [-0.4, -0.2) is 86.1 Å². The number of carboxylic acid groups (broad SMARTS) is 1. The number of ether oxygens (including phenoxy) is 2. The Morgan fingerprint density at radius 1 is 0.889 bits per heavy atom. The Balaban J connectivity index is 1.32. The quantitative estimate of drug-likeness (QED) is 0.199. The molecule has 1 aliphatic heterocycles. The van der Waals surface area contributed by atoms with Crippen LogP contribution in [0.4, 0.5) is 0 Å². The first-order valence-corrected chi connectivity index (χ1v) is 17.4. The van der Waals surface area contributed by atoms with E-state index < -0.39 is 66.3 Å². The second-order valence-electron chi connectivity index (χ2n) is 18.0. The number of hydrogen-bond donors (Lipinski definition) is 6. The minimum atomic E-state index is -1.54. The van der Waals surface area contributed by atoms with Crippen molar-refractivity contribution in [3.63, 3.8) is 0 Å². The molecule has 6 aliphatic rings. The van der Waals surface area contributed by atoms with Crippen LogP contribution in [0.25, 0.3) is 0 Å². The average Bonchev–Trinajstić information content (AvgIpc) is 2.94. The third-order valence-corrected chi connectivity index (χ3v) is 15.1. The summed E-state index contributed by atoms with van der Waals surface area (Å²) in [6, 6.07) is 0. The summed E-state index contributed by atoms with van der Waals surface area (Å²) in [6.45, 7) is 15.5. The van der Waals surface area contributed by atoms with Gasteiger partial charge in [-0.15, -0.1) is 0 Å². The Labute approximate surface area is 268 Å². The molecule has 1 saturated heterocycles. The summed E-state index contributed by atoms with van der Waals surface area (Å²) in [4.78, 5) is 12.9. The van der Waals surface area contributed by atoms with Crippen molar-refractivity contribution in [2.45, 2.75) is 149 Å². The summed E-state index contributed by atoms with van der Waals surface area (Å²) in [5.41, 5.74) is -0.112. The fraction of sp³-hybridized carbons (Fsp3) is 0.917. The van der Waals surface area contributed by atoms with E-state index in [1.54, 1.807) is 0 Å². The van der Waals surface area contributed by atoms with Crippen LogP contribution in [-0.2, 0) is 14.3 Å². The molecule has 5 fully saturated rings. The van der Waals surface area contributed by atoms with Crippen LogP contribution < -0.4 is 0 Å². The number of aliphatic hydroxyl groups excluding tert-OH is 5. The molecule has 0 spiro atoms. The molecular formula is C36H58O9. The highest BCUT2D eigenvalue weighted by Crippen LogP contribution is 2.76. The molecule has 9 heteroatoms. The van der Waals surface area contributed by atoms with Crippen molar-refractivity contribution in [3.05, 3.63) is 11.6 Å². The molecule has 0 radical (unpaired) electrons. The van der Waals surface area contributed by atoms with E-state index in [9.17, 15) is 35.4 Å². The number of hydrogen-bond acceptors (Lipinski definition) is 8. The first-order chi connectivity index (χ1) is 20.8. The van der Waals surface area contributed by atoms with Gasteiger partial charge in [-0.3, -0.25) is 4.79 Å². The Hall–Kier alpha value is -1.07. The van der Waals surface area contributed by atoms with Crippen LogP contribution in [0.3, 0.4) is 0 Å². The molecule has 0 unspecified atom stereocenters. The van der Waals surface area contributed by atoms with Gasteiger partial charge in [0.15, 0.2) is 6.29 Å². The maximum Gasteiger partial charge on any atom is 0.310 e. The molecule has 9 nitrogen and oxygen atoms in total. The lowest BCUT2D eigenvalue weighted by molar-refractivity contribution is -0.341. The zero-order chi connectivity index (χ0) is 33.1. The Morgan fingerprint density at radius 3 is 2.20 bits per heavy atom. The van der Waals surface area contributed by atoms with E-state index in [2.05, 4.69) is 54.5 Å². The minimum absolute atomic E-state index is 0.0468. The van der Waals surface area contributed by atoms with Gasteiger partial charge in [-0.25, -0.2) is 0 Å². The third-order valence-electron chi connectivity index (χ3n) is 15.1. The van der Waals surface area contributed by atoms with E-state index in [-0.39, 0.29) is 39.4 Å². The van der Waals surface area contributed by atoms with Crippen LogP contribution in [0, 0.1) is 50.2 Å². The van der Waals surface area contributed by atoms with Crippen molar-refractivity contribution >= 4 is 5.97 Å². The molecule has 1 heterocycles. The highest BCUT2D eigenvalue weighted by atomic mass is 16.7. The van der Waals surface area contributed by atoms with E-state index in [1.165, 1.54) is 5.57 Å². The number of carboxylic acids is 1. The number of fused-ring (bicyclic) bond motifs is 7. The Bertz CT molecular complexity index is 1210. The fourth-order valence-electron chi connectivity index (χ4n) is 12.3. The predicted molar refractivity (Wildman–Crippen MR) is 167 cm³/mol. The highest BCUT2D eigenvalue weighted by molar-refractivity contribution is 5.76. The lowest BCUT2D eigenvalue weighted by Gasteiger charge is -2.71. The SMILES string of the molecule is CC1(C)CC[C@]2(C(=O)O)CC[C@]3(C)C(=CC[C@@H]4[C@@]5(C)C[C@@H](O)[C@H](O[C@@H]6O[C@H](CO)[C@@H](O)[C@H](O)[C@H]6O)C(C)(C)[C@@H]5CC[C@]43C)[C@@H]2C1. The summed E-state index contributed by atoms with van der Waals surface area (Å²) in [5, 5.41) is 63.5. The highest BCUT2D eigenvalue weighted by Gasteiger charge is 2.70. The number of rotatable bonds is 4. The predicted octanol–water partition coefficient (Wildman–Crippen LogP) is 4.03. The minimum Gasteiger partial charge on any atom is -0.481 e. The molecule has 6 N–H and O–H groups in total. The van der Waals surface area contributed by atoms with E-state index >= 15 is 0 Å². The zero-order valence-electron chi connectivity index (χ0n) is 28.3. The van der Waals surface area contributed by atoms with Crippen molar-refractivity contribution in [2.75, 3.05) is 6.61 Å². The Kier molecular flexibility index (Phi) is 8.05. The molecular weight excluding hydrogens is 576 g/mol. The normalized spacial score (nSPS) is 53.6. The van der Waals surface area contributed by atoms with Gasteiger partial charge >= 0.3 is 5.97 Å². The number of allylic oxidation sites excluding steroid dienone is 2. The Morgan fingerprint density at radius 2 is 1.56 bits per heavy atom. The molecule has 4 saturated carbocycles. The van der Waals surface area contributed by atoms with Gasteiger partial charge in [-0.1, -0.05) is 60.1 Å². The van der Waals surface area contributed by atoms with E-state index in [1.807, 2.05) is 0 Å². The molecule has 0 aromatic heterocycles.